The van der Waals surface area contributed by atoms with Crippen LogP contribution in [-0.2, 0) is 0 Å². The molecular weight excluding hydrogens is 333 g/mol. The molecule has 4 aromatic rings. The zero-order chi connectivity index (χ0) is 18.3. The Labute approximate surface area is 148 Å². The quantitative estimate of drug-likeness (QED) is 0.546. The molecule has 2 aromatic heterocycles. The average Bonchev–Trinajstić information content (AvgIpc) is 3.11. The second-order valence-corrected chi connectivity index (χ2v) is 6.02. The third-order valence-electron chi connectivity index (χ3n) is 4.19. The average molecular weight is 347 g/mol. The lowest BCUT2D eigenvalue weighted by atomic mass is 10.0. The molecular formula is C21H14FNO3. The molecule has 0 fully saturated rings. The van der Waals surface area contributed by atoms with Crippen molar-refractivity contribution in [2.24, 2.45) is 0 Å². The van der Waals surface area contributed by atoms with E-state index in [4.69, 9.17) is 4.42 Å². The monoisotopic (exact) mass is 347 g/mol. The number of furan rings is 1. The molecule has 0 aliphatic heterocycles. The molecule has 0 unspecified atom stereocenters. The molecule has 128 valence electrons. The van der Waals surface area contributed by atoms with Gasteiger partial charge in [-0.3, -0.25) is 0 Å². The number of carboxylic acids is 1. The van der Waals surface area contributed by atoms with E-state index in [-0.39, 0.29) is 11.4 Å². The van der Waals surface area contributed by atoms with Crippen LogP contribution in [0.25, 0.3) is 33.7 Å². The molecule has 0 aliphatic carbocycles. The highest BCUT2D eigenvalue weighted by atomic mass is 19.1. The Morgan fingerprint density at radius 2 is 1.81 bits per heavy atom. The topological polar surface area (TPSA) is 63.3 Å². The summed E-state index contributed by atoms with van der Waals surface area (Å²) in [7, 11) is 0. The summed E-state index contributed by atoms with van der Waals surface area (Å²) in [4.78, 5) is 16.2. The maximum atomic E-state index is 13.9. The number of aromatic nitrogens is 1. The predicted molar refractivity (Wildman–Crippen MR) is 96.5 cm³/mol. The molecule has 2 heterocycles. The second-order valence-electron chi connectivity index (χ2n) is 6.02. The lowest BCUT2D eigenvalue weighted by Crippen LogP contribution is -2.00. The molecule has 26 heavy (non-hydrogen) atoms. The first kappa shape index (κ1) is 16.0. The van der Waals surface area contributed by atoms with E-state index < -0.39 is 5.97 Å². The van der Waals surface area contributed by atoms with E-state index in [0.717, 1.165) is 5.56 Å². The maximum absolute atomic E-state index is 13.9. The molecule has 1 N–H and O–H groups in total. The van der Waals surface area contributed by atoms with Crippen LogP contribution in [-0.4, -0.2) is 16.1 Å². The van der Waals surface area contributed by atoms with Gasteiger partial charge < -0.3 is 9.52 Å². The van der Waals surface area contributed by atoms with E-state index >= 15 is 0 Å². The first-order valence-electron chi connectivity index (χ1n) is 8.03. The van der Waals surface area contributed by atoms with Gasteiger partial charge in [-0.05, 0) is 49.4 Å². The number of fused-ring (bicyclic) bond motifs is 1. The molecule has 5 heteroatoms. The van der Waals surface area contributed by atoms with Gasteiger partial charge in [0.15, 0.2) is 5.76 Å². The molecule has 0 atom stereocenters. The van der Waals surface area contributed by atoms with Crippen molar-refractivity contribution in [3.63, 3.8) is 0 Å². The Morgan fingerprint density at radius 3 is 2.58 bits per heavy atom. The van der Waals surface area contributed by atoms with Crippen LogP contribution in [0.5, 0.6) is 0 Å². The van der Waals surface area contributed by atoms with Crippen molar-refractivity contribution in [3.8, 4) is 22.8 Å². The van der Waals surface area contributed by atoms with Crippen LogP contribution >= 0.6 is 0 Å². The van der Waals surface area contributed by atoms with Gasteiger partial charge in [0.2, 0.25) is 0 Å². The molecule has 0 spiro atoms. The Hall–Kier alpha value is -3.47. The molecule has 0 saturated heterocycles. The number of aryl methyl sites for hydroxylation is 1. The molecule has 4 nitrogen and oxygen atoms in total. The first-order valence-corrected chi connectivity index (χ1v) is 8.03. The van der Waals surface area contributed by atoms with Gasteiger partial charge in [-0.15, -0.1) is 0 Å². The van der Waals surface area contributed by atoms with Gasteiger partial charge in [0.25, 0.3) is 0 Å². The number of hydrogen-bond acceptors (Lipinski definition) is 3. The van der Waals surface area contributed by atoms with Crippen LogP contribution in [0, 0.1) is 12.7 Å². The molecule has 2 aromatic carbocycles. The highest BCUT2D eigenvalue weighted by molar-refractivity contribution is 6.03. The summed E-state index contributed by atoms with van der Waals surface area (Å²) in [5, 5.41) is 10.1. The van der Waals surface area contributed by atoms with Crippen molar-refractivity contribution in [2.45, 2.75) is 6.92 Å². The minimum absolute atomic E-state index is 0.151. The van der Waals surface area contributed by atoms with E-state index in [1.165, 1.54) is 12.1 Å². The number of nitrogens with zero attached hydrogens (tertiary/aromatic N) is 1. The van der Waals surface area contributed by atoms with Gasteiger partial charge in [0.05, 0.1) is 16.6 Å². The van der Waals surface area contributed by atoms with E-state index in [0.29, 0.717) is 33.7 Å². The third kappa shape index (κ3) is 2.73. The van der Waals surface area contributed by atoms with Crippen LogP contribution in [0.4, 0.5) is 4.39 Å². The number of rotatable bonds is 3. The summed E-state index contributed by atoms with van der Waals surface area (Å²) in [6.45, 7) is 1.90. The third-order valence-corrected chi connectivity index (χ3v) is 4.19. The molecule has 0 radical (unpaired) electrons. The summed E-state index contributed by atoms with van der Waals surface area (Å²) < 4.78 is 19.7. The number of hydrogen-bond donors (Lipinski definition) is 1. The van der Waals surface area contributed by atoms with Gasteiger partial charge in [-0.1, -0.05) is 23.8 Å². The smallest absolute Gasteiger partial charge is 0.336 e. The van der Waals surface area contributed by atoms with Crippen LogP contribution in [0.2, 0.25) is 0 Å². The van der Waals surface area contributed by atoms with Crippen molar-refractivity contribution < 1.29 is 18.7 Å². The Bertz CT molecular complexity index is 1150. The van der Waals surface area contributed by atoms with Crippen molar-refractivity contribution in [1.82, 2.24) is 4.98 Å². The zero-order valence-corrected chi connectivity index (χ0v) is 13.9. The number of carbonyl (C=O) groups is 1. The standard InChI is InChI=1S/C21H14FNO3/c1-12-6-7-17-14(10-12)15(21(24)25)11-18(23-17)20-9-8-19(26-20)13-4-2-3-5-16(13)22/h2-11H,1H3,(H,24,25). The van der Waals surface area contributed by atoms with Crippen molar-refractivity contribution >= 4 is 16.9 Å². The highest BCUT2D eigenvalue weighted by Gasteiger charge is 2.16. The Morgan fingerprint density at radius 1 is 1.04 bits per heavy atom. The predicted octanol–water partition coefficient (Wildman–Crippen LogP) is 5.31. The Balaban J connectivity index is 1.86. The minimum Gasteiger partial charge on any atom is -0.478 e. The van der Waals surface area contributed by atoms with Crippen molar-refractivity contribution in [2.75, 3.05) is 0 Å². The normalized spacial score (nSPS) is 11.0. The minimum atomic E-state index is -1.04. The van der Waals surface area contributed by atoms with Crippen molar-refractivity contribution in [3.05, 3.63) is 77.6 Å². The number of aromatic carboxylic acids is 1. The SMILES string of the molecule is Cc1ccc2nc(-c3ccc(-c4ccccc4F)o3)cc(C(=O)O)c2c1. The summed E-state index contributed by atoms with van der Waals surface area (Å²) in [5.74, 6) is -0.680. The van der Waals surface area contributed by atoms with E-state index in [1.54, 1.807) is 42.5 Å². The largest absolute Gasteiger partial charge is 0.478 e. The molecule has 0 aliphatic rings. The number of carboxylic acid groups (broad SMARTS) is 1. The zero-order valence-electron chi connectivity index (χ0n) is 13.9. The van der Waals surface area contributed by atoms with Gasteiger partial charge in [0.1, 0.15) is 17.3 Å². The lowest BCUT2D eigenvalue weighted by molar-refractivity contribution is 0.0699. The van der Waals surface area contributed by atoms with Gasteiger partial charge in [-0.25, -0.2) is 14.2 Å². The Kier molecular flexibility index (Phi) is 3.77. The van der Waals surface area contributed by atoms with Crippen LogP contribution in [0.3, 0.4) is 0 Å². The fourth-order valence-electron chi connectivity index (χ4n) is 2.92. The maximum Gasteiger partial charge on any atom is 0.336 e. The van der Waals surface area contributed by atoms with E-state index in [9.17, 15) is 14.3 Å². The summed E-state index contributed by atoms with van der Waals surface area (Å²) in [5.41, 5.74) is 2.40. The van der Waals surface area contributed by atoms with Crippen LogP contribution in [0.1, 0.15) is 15.9 Å². The summed E-state index contributed by atoms with van der Waals surface area (Å²) >= 11 is 0. The summed E-state index contributed by atoms with van der Waals surface area (Å²) in [6, 6.07) is 16.5. The molecule has 0 bridgehead atoms. The number of halogens is 1. The van der Waals surface area contributed by atoms with Gasteiger partial charge in [0, 0.05) is 5.39 Å². The second kappa shape index (κ2) is 6.11. The molecule has 0 saturated carbocycles. The van der Waals surface area contributed by atoms with Gasteiger partial charge >= 0.3 is 5.97 Å². The van der Waals surface area contributed by atoms with Crippen molar-refractivity contribution in [1.29, 1.82) is 0 Å². The lowest BCUT2D eigenvalue weighted by Gasteiger charge is -2.06. The van der Waals surface area contributed by atoms with Gasteiger partial charge in [-0.2, -0.15) is 0 Å². The molecule has 0 amide bonds. The van der Waals surface area contributed by atoms with E-state index in [1.807, 2.05) is 13.0 Å². The van der Waals surface area contributed by atoms with E-state index in [2.05, 4.69) is 4.98 Å². The number of benzene rings is 2. The number of pyridine rings is 1. The fraction of sp³-hybridized carbons (Fsp3) is 0.0476. The fourth-order valence-corrected chi connectivity index (χ4v) is 2.92. The highest BCUT2D eigenvalue weighted by Crippen LogP contribution is 2.31. The first-order chi connectivity index (χ1) is 12.5. The summed E-state index contributed by atoms with van der Waals surface area (Å²) in [6.07, 6.45) is 0. The van der Waals surface area contributed by atoms with Crippen LogP contribution in [0.15, 0.2) is 65.1 Å². The van der Waals surface area contributed by atoms with Crippen LogP contribution < -0.4 is 0 Å². The molecule has 4 rings (SSSR count).